The molecule has 4 rings (SSSR count). The molecule has 1 amide bonds. The van der Waals surface area contributed by atoms with Crippen LogP contribution >= 0.6 is 12.6 Å². The fraction of sp³-hybridized carbons (Fsp3) is 0.656. The number of amides is 1. The molecule has 2 fully saturated rings. The van der Waals surface area contributed by atoms with Crippen molar-refractivity contribution < 1.29 is 9.53 Å². The van der Waals surface area contributed by atoms with Crippen LogP contribution in [-0.4, -0.2) is 41.8 Å². The minimum absolute atomic E-state index is 0.00730. The number of aromatic nitrogens is 1. The van der Waals surface area contributed by atoms with Gasteiger partial charge in [-0.05, 0) is 87.7 Å². The molecule has 0 bridgehead atoms. The zero-order valence-electron chi connectivity index (χ0n) is 25.0. The molecule has 2 aliphatic rings. The number of hydrogen-bond donors (Lipinski definition) is 3. The summed E-state index contributed by atoms with van der Waals surface area (Å²) in [6, 6.07) is 8.72. The van der Waals surface area contributed by atoms with E-state index in [2.05, 4.69) is 94.9 Å². The topological polar surface area (TPSA) is 55.3 Å². The van der Waals surface area contributed by atoms with Crippen molar-refractivity contribution in [2.75, 3.05) is 19.8 Å². The van der Waals surface area contributed by atoms with Gasteiger partial charge < -0.3 is 19.9 Å². The maximum absolute atomic E-state index is 13.0. The minimum atomic E-state index is 0.00730. The Labute approximate surface area is 236 Å². The molecule has 1 aliphatic carbocycles. The van der Waals surface area contributed by atoms with Gasteiger partial charge >= 0.3 is 0 Å². The Balaban J connectivity index is 0.000000505. The molecule has 0 spiro atoms. The molecule has 38 heavy (non-hydrogen) atoms. The van der Waals surface area contributed by atoms with Crippen LogP contribution in [0.15, 0.2) is 29.2 Å². The van der Waals surface area contributed by atoms with Crippen molar-refractivity contribution >= 4 is 18.5 Å². The summed E-state index contributed by atoms with van der Waals surface area (Å²) in [4.78, 5) is 14.1. The summed E-state index contributed by atoms with van der Waals surface area (Å²) in [7, 11) is 0. The second-order valence-corrected chi connectivity index (χ2v) is 13.6. The second kappa shape index (κ2) is 13.1. The van der Waals surface area contributed by atoms with Gasteiger partial charge in [-0.25, -0.2) is 0 Å². The van der Waals surface area contributed by atoms with Crippen LogP contribution in [-0.2, 0) is 16.7 Å². The molecular weight excluding hydrogens is 490 g/mol. The van der Waals surface area contributed by atoms with Crippen molar-refractivity contribution in [1.82, 2.24) is 15.2 Å². The zero-order chi connectivity index (χ0) is 28.1. The van der Waals surface area contributed by atoms with Crippen molar-refractivity contribution in [2.24, 2.45) is 5.92 Å². The maximum Gasteiger partial charge on any atom is 0.253 e. The molecular formula is C32H51N3O2S. The smallest absolute Gasteiger partial charge is 0.253 e. The number of ether oxygens (including phenoxy) is 1. The summed E-state index contributed by atoms with van der Waals surface area (Å²) in [5.74, 6) is 0.692. The van der Waals surface area contributed by atoms with Gasteiger partial charge in [0.15, 0.2) is 0 Å². The molecule has 2 heterocycles. The van der Waals surface area contributed by atoms with Crippen LogP contribution in [0, 0.1) is 12.8 Å². The van der Waals surface area contributed by atoms with E-state index >= 15 is 0 Å². The fourth-order valence-corrected chi connectivity index (χ4v) is 5.86. The van der Waals surface area contributed by atoms with Crippen LogP contribution in [0.25, 0.3) is 11.3 Å². The molecule has 1 aromatic heterocycles. The Morgan fingerprint density at radius 2 is 1.71 bits per heavy atom. The fourth-order valence-electron chi connectivity index (χ4n) is 5.39. The van der Waals surface area contributed by atoms with Crippen molar-refractivity contribution in [1.29, 1.82) is 0 Å². The van der Waals surface area contributed by atoms with Crippen LogP contribution < -0.4 is 10.6 Å². The lowest BCUT2D eigenvalue weighted by Crippen LogP contribution is -2.48. The Kier molecular flexibility index (Phi) is 10.6. The third-order valence-corrected chi connectivity index (χ3v) is 7.95. The lowest BCUT2D eigenvalue weighted by atomic mass is 9.85. The van der Waals surface area contributed by atoms with Gasteiger partial charge in [-0.3, -0.25) is 4.79 Å². The molecule has 1 aromatic carbocycles. The van der Waals surface area contributed by atoms with Gasteiger partial charge in [-0.15, -0.1) is 12.6 Å². The van der Waals surface area contributed by atoms with Crippen molar-refractivity contribution in [2.45, 2.75) is 116 Å². The van der Waals surface area contributed by atoms with Crippen molar-refractivity contribution in [3.63, 3.8) is 0 Å². The SMILES string of the molecule is CCNC(C)(C)C.Cc1c(C(=O)NC2COC2)cc(-c2ccc(S)c(C(C)(C)C)c2)n1CC1CCCCC1. The third kappa shape index (κ3) is 8.37. The summed E-state index contributed by atoms with van der Waals surface area (Å²) in [6.07, 6.45) is 6.54. The van der Waals surface area contributed by atoms with Crippen LogP contribution in [0.2, 0.25) is 0 Å². The first-order chi connectivity index (χ1) is 17.8. The molecule has 0 atom stereocenters. The molecule has 0 unspecified atom stereocenters. The largest absolute Gasteiger partial charge is 0.377 e. The van der Waals surface area contributed by atoms with Gasteiger partial charge in [0.25, 0.3) is 5.91 Å². The Hall–Kier alpha value is -1.76. The average molecular weight is 542 g/mol. The number of thiol groups is 1. The predicted molar refractivity (Wildman–Crippen MR) is 163 cm³/mol. The standard InChI is InChI=1S/C26H36N2O2S.C6H15N/c1-17-21(25(29)27-20-15-30-16-20)13-23(28(17)14-18-8-6-5-7-9-18)19-10-11-24(31)22(12-19)26(2,3)4;1-5-7-6(2,3)4/h10-13,18,20,31H,5-9,14-16H2,1-4H3,(H,27,29);7H,5H2,1-4H3. The van der Waals surface area contributed by atoms with Crippen molar-refractivity contribution in [3.8, 4) is 11.3 Å². The number of hydrogen-bond acceptors (Lipinski definition) is 4. The van der Waals surface area contributed by atoms with E-state index in [0.717, 1.165) is 40.5 Å². The lowest BCUT2D eigenvalue weighted by molar-refractivity contribution is -0.00347. The maximum atomic E-state index is 13.0. The summed E-state index contributed by atoms with van der Waals surface area (Å²) in [5, 5.41) is 6.41. The van der Waals surface area contributed by atoms with E-state index in [4.69, 9.17) is 17.4 Å². The van der Waals surface area contributed by atoms with E-state index in [1.165, 1.54) is 37.7 Å². The van der Waals surface area contributed by atoms with Crippen LogP contribution in [0.4, 0.5) is 0 Å². The quantitative estimate of drug-likeness (QED) is 0.340. The van der Waals surface area contributed by atoms with Crippen LogP contribution in [0.5, 0.6) is 0 Å². The van der Waals surface area contributed by atoms with Gasteiger partial charge in [0.2, 0.25) is 0 Å². The predicted octanol–water partition coefficient (Wildman–Crippen LogP) is 7.15. The molecule has 1 aliphatic heterocycles. The highest BCUT2D eigenvalue weighted by molar-refractivity contribution is 7.80. The number of carbonyl (C=O) groups is 1. The number of carbonyl (C=O) groups excluding carboxylic acids is 1. The van der Waals surface area contributed by atoms with Gasteiger partial charge in [0, 0.05) is 28.4 Å². The summed E-state index contributed by atoms with van der Waals surface area (Å²) < 4.78 is 7.62. The molecule has 5 nitrogen and oxygen atoms in total. The average Bonchev–Trinajstić information content (AvgIpc) is 3.12. The van der Waals surface area contributed by atoms with Crippen LogP contribution in [0.1, 0.15) is 102 Å². The number of nitrogens with zero attached hydrogens (tertiary/aromatic N) is 1. The lowest BCUT2D eigenvalue weighted by Gasteiger charge is -2.27. The first-order valence-corrected chi connectivity index (χ1v) is 14.9. The van der Waals surface area contributed by atoms with E-state index < -0.39 is 0 Å². The molecule has 2 N–H and O–H groups in total. The Bertz CT molecular complexity index is 1070. The Morgan fingerprint density at radius 3 is 2.21 bits per heavy atom. The third-order valence-electron chi connectivity index (χ3n) is 7.56. The normalized spacial score (nSPS) is 17.0. The van der Waals surface area contributed by atoms with E-state index in [1.54, 1.807) is 0 Å². The molecule has 2 aromatic rings. The molecule has 1 saturated heterocycles. The molecule has 1 saturated carbocycles. The zero-order valence-corrected chi connectivity index (χ0v) is 25.9. The van der Waals surface area contributed by atoms with Gasteiger partial charge in [-0.1, -0.05) is 53.0 Å². The van der Waals surface area contributed by atoms with Gasteiger partial charge in [0.05, 0.1) is 24.8 Å². The van der Waals surface area contributed by atoms with E-state index in [9.17, 15) is 4.79 Å². The summed E-state index contributed by atoms with van der Waals surface area (Å²) >= 11 is 4.71. The van der Waals surface area contributed by atoms with Crippen LogP contribution in [0.3, 0.4) is 0 Å². The first-order valence-electron chi connectivity index (χ1n) is 14.5. The van der Waals surface area contributed by atoms with E-state index in [0.29, 0.717) is 24.7 Å². The monoisotopic (exact) mass is 541 g/mol. The second-order valence-electron chi connectivity index (χ2n) is 13.1. The molecule has 212 valence electrons. The Morgan fingerprint density at radius 1 is 1.05 bits per heavy atom. The first kappa shape index (κ1) is 30.8. The van der Waals surface area contributed by atoms with E-state index in [-0.39, 0.29) is 17.4 Å². The molecule has 0 radical (unpaired) electrons. The van der Waals surface area contributed by atoms with Gasteiger partial charge in [0.1, 0.15) is 0 Å². The molecule has 6 heteroatoms. The summed E-state index contributed by atoms with van der Waals surface area (Å²) in [6.45, 7) is 20.6. The highest BCUT2D eigenvalue weighted by atomic mass is 32.1. The highest BCUT2D eigenvalue weighted by Crippen LogP contribution is 2.35. The van der Waals surface area contributed by atoms with Gasteiger partial charge in [-0.2, -0.15) is 0 Å². The number of nitrogens with one attached hydrogen (secondary N) is 2. The highest BCUT2D eigenvalue weighted by Gasteiger charge is 2.26. The number of benzene rings is 1. The number of rotatable bonds is 6. The summed E-state index contributed by atoms with van der Waals surface area (Å²) in [5.41, 5.74) is 5.68. The van der Waals surface area contributed by atoms with E-state index in [1.807, 2.05) is 0 Å². The van der Waals surface area contributed by atoms with Crippen molar-refractivity contribution in [3.05, 3.63) is 41.1 Å². The minimum Gasteiger partial charge on any atom is -0.377 e.